The summed E-state index contributed by atoms with van der Waals surface area (Å²) in [6, 6.07) is 5.32. The highest BCUT2D eigenvalue weighted by molar-refractivity contribution is 5.55. The highest BCUT2D eigenvalue weighted by atomic mass is 15.0. The molecule has 0 amide bonds. The van der Waals surface area contributed by atoms with Crippen LogP contribution in [0.1, 0.15) is 5.69 Å². The van der Waals surface area contributed by atoms with Crippen LogP contribution >= 0.6 is 0 Å². The third-order valence-electron chi connectivity index (χ3n) is 1.36. The van der Waals surface area contributed by atoms with E-state index in [1.807, 2.05) is 13.0 Å². The van der Waals surface area contributed by atoms with E-state index < -0.39 is 0 Å². The molecule has 1 aromatic heterocycles. The largest absolute Gasteiger partial charge is 0.291 e. The van der Waals surface area contributed by atoms with Crippen molar-refractivity contribution in [2.75, 3.05) is 0 Å². The Morgan fingerprint density at radius 3 is 2.60 bits per heavy atom. The Bertz CT molecular complexity index is 298. The molecular formula is C7H9N3. The Morgan fingerprint density at radius 2 is 2.20 bits per heavy atom. The first-order valence-electron chi connectivity index (χ1n) is 2.99. The van der Waals surface area contributed by atoms with E-state index in [4.69, 9.17) is 10.8 Å². The van der Waals surface area contributed by atoms with Gasteiger partial charge in [0.2, 0.25) is 0 Å². The van der Waals surface area contributed by atoms with Gasteiger partial charge in [-0.2, -0.15) is 0 Å². The van der Waals surface area contributed by atoms with Gasteiger partial charge in [0, 0.05) is 5.69 Å². The van der Waals surface area contributed by atoms with Gasteiger partial charge in [0.25, 0.3) is 0 Å². The SMILES string of the molecule is Cc1cccc(=N)n1C=N. The first kappa shape index (κ1) is 6.74. The second-order valence-corrected chi connectivity index (χ2v) is 2.05. The van der Waals surface area contributed by atoms with Crippen LogP contribution in [0.25, 0.3) is 0 Å². The molecule has 0 aliphatic heterocycles. The van der Waals surface area contributed by atoms with Crippen LogP contribution in [-0.4, -0.2) is 10.9 Å². The van der Waals surface area contributed by atoms with Gasteiger partial charge in [-0.25, -0.2) is 0 Å². The molecule has 0 radical (unpaired) electrons. The molecule has 0 bridgehead atoms. The lowest BCUT2D eigenvalue weighted by Gasteiger charge is -2.00. The first-order chi connectivity index (χ1) is 4.75. The molecule has 0 saturated heterocycles. The minimum absolute atomic E-state index is 0.343. The van der Waals surface area contributed by atoms with E-state index in [9.17, 15) is 0 Å². The summed E-state index contributed by atoms with van der Waals surface area (Å²) in [6.45, 7) is 1.86. The summed E-state index contributed by atoms with van der Waals surface area (Å²) < 4.78 is 1.50. The lowest BCUT2D eigenvalue weighted by molar-refractivity contribution is 0.941. The molecule has 0 aromatic carbocycles. The fourth-order valence-corrected chi connectivity index (χ4v) is 0.800. The van der Waals surface area contributed by atoms with Crippen molar-refractivity contribution in [2.45, 2.75) is 6.92 Å². The molecule has 0 atom stereocenters. The summed E-state index contributed by atoms with van der Waals surface area (Å²) in [4.78, 5) is 0. The van der Waals surface area contributed by atoms with Crippen molar-refractivity contribution in [3.8, 4) is 0 Å². The second-order valence-electron chi connectivity index (χ2n) is 2.05. The highest BCUT2D eigenvalue weighted by Crippen LogP contribution is 1.87. The van der Waals surface area contributed by atoms with Crippen molar-refractivity contribution in [1.29, 1.82) is 10.8 Å². The van der Waals surface area contributed by atoms with Crippen molar-refractivity contribution >= 4 is 6.34 Å². The number of nitrogens with zero attached hydrogens (tertiary/aromatic N) is 1. The van der Waals surface area contributed by atoms with E-state index in [2.05, 4.69) is 0 Å². The minimum Gasteiger partial charge on any atom is -0.291 e. The number of aryl methyl sites for hydroxylation is 1. The number of hydrogen-bond donors (Lipinski definition) is 2. The average molecular weight is 135 g/mol. The predicted molar refractivity (Wildman–Crippen MR) is 39.2 cm³/mol. The van der Waals surface area contributed by atoms with Gasteiger partial charge in [0.15, 0.2) is 0 Å². The Labute approximate surface area is 59.0 Å². The predicted octanol–water partition coefficient (Wildman–Crippen LogP) is 0.731. The van der Waals surface area contributed by atoms with Crippen LogP contribution in [0.3, 0.4) is 0 Å². The molecule has 1 heterocycles. The van der Waals surface area contributed by atoms with Crippen molar-refractivity contribution < 1.29 is 0 Å². The van der Waals surface area contributed by atoms with Crippen LogP contribution in [0, 0.1) is 17.7 Å². The molecule has 1 rings (SSSR count). The van der Waals surface area contributed by atoms with E-state index in [0.29, 0.717) is 5.49 Å². The summed E-state index contributed by atoms with van der Waals surface area (Å²) in [5.74, 6) is 0. The molecule has 2 N–H and O–H groups in total. The molecular weight excluding hydrogens is 126 g/mol. The second kappa shape index (κ2) is 2.47. The Morgan fingerprint density at radius 1 is 1.50 bits per heavy atom. The van der Waals surface area contributed by atoms with E-state index in [1.54, 1.807) is 12.1 Å². The molecule has 3 nitrogen and oxygen atoms in total. The lowest BCUT2D eigenvalue weighted by atomic mass is 10.4. The summed E-state index contributed by atoms with van der Waals surface area (Å²) in [7, 11) is 0. The van der Waals surface area contributed by atoms with Crippen molar-refractivity contribution in [3.63, 3.8) is 0 Å². The van der Waals surface area contributed by atoms with Gasteiger partial charge in [-0.3, -0.25) is 15.4 Å². The van der Waals surface area contributed by atoms with E-state index in [1.165, 1.54) is 4.57 Å². The Balaban J connectivity index is 3.45. The molecule has 0 unspecified atom stereocenters. The molecule has 0 aliphatic carbocycles. The Kier molecular flexibility index (Phi) is 1.67. The molecule has 52 valence electrons. The van der Waals surface area contributed by atoms with Crippen LogP contribution in [0.2, 0.25) is 0 Å². The quantitative estimate of drug-likeness (QED) is 0.421. The average Bonchev–Trinajstić information content (AvgIpc) is 1.88. The zero-order valence-corrected chi connectivity index (χ0v) is 5.76. The van der Waals surface area contributed by atoms with Gasteiger partial charge >= 0.3 is 0 Å². The molecule has 0 aliphatic rings. The summed E-state index contributed by atoms with van der Waals surface area (Å²) in [6.07, 6.45) is 1.14. The number of nitrogens with one attached hydrogen (secondary N) is 2. The molecule has 0 saturated carbocycles. The zero-order valence-electron chi connectivity index (χ0n) is 5.76. The normalized spacial score (nSPS) is 9.30. The van der Waals surface area contributed by atoms with E-state index in [-0.39, 0.29) is 0 Å². The third-order valence-corrected chi connectivity index (χ3v) is 1.36. The fraction of sp³-hybridized carbons (Fsp3) is 0.143. The van der Waals surface area contributed by atoms with Crippen LogP contribution in [0.15, 0.2) is 18.2 Å². The molecule has 3 heteroatoms. The highest BCUT2D eigenvalue weighted by Gasteiger charge is 1.89. The van der Waals surface area contributed by atoms with Crippen molar-refractivity contribution in [1.82, 2.24) is 4.57 Å². The monoisotopic (exact) mass is 135 g/mol. The summed E-state index contributed by atoms with van der Waals surface area (Å²) >= 11 is 0. The minimum atomic E-state index is 0.343. The maximum Gasteiger partial charge on any atom is 0.130 e. The molecule has 1 aromatic rings. The lowest BCUT2D eigenvalue weighted by Crippen LogP contribution is -2.19. The van der Waals surface area contributed by atoms with Gasteiger partial charge in [-0.15, -0.1) is 0 Å². The van der Waals surface area contributed by atoms with E-state index >= 15 is 0 Å². The van der Waals surface area contributed by atoms with Gasteiger partial charge in [-0.05, 0) is 19.1 Å². The first-order valence-corrected chi connectivity index (χ1v) is 2.99. The van der Waals surface area contributed by atoms with E-state index in [0.717, 1.165) is 12.0 Å². The molecule has 0 spiro atoms. The van der Waals surface area contributed by atoms with Gasteiger partial charge in [0.1, 0.15) is 5.49 Å². The van der Waals surface area contributed by atoms with Gasteiger partial charge < -0.3 is 0 Å². The number of hydrogen-bond acceptors (Lipinski definition) is 2. The number of pyridine rings is 1. The number of rotatable bonds is 1. The van der Waals surface area contributed by atoms with Crippen molar-refractivity contribution in [3.05, 3.63) is 29.4 Å². The van der Waals surface area contributed by atoms with Gasteiger partial charge in [-0.1, -0.05) is 6.07 Å². The zero-order chi connectivity index (χ0) is 7.56. The fourth-order valence-electron chi connectivity index (χ4n) is 0.800. The number of aromatic nitrogens is 1. The Hall–Kier alpha value is -1.38. The summed E-state index contributed by atoms with van der Waals surface area (Å²) in [5.41, 5.74) is 1.25. The van der Waals surface area contributed by atoms with Crippen LogP contribution in [0.4, 0.5) is 0 Å². The smallest absolute Gasteiger partial charge is 0.130 e. The van der Waals surface area contributed by atoms with Crippen LogP contribution < -0.4 is 5.49 Å². The van der Waals surface area contributed by atoms with Crippen LogP contribution in [-0.2, 0) is 0 Å². The molecule has 10 heavy (non-hydrogen) atoms. The maximum atomic E-state index is 7.32. The third kappa shape index (κ3) is 0.978. The van der Waals surface area contributed by atoms with Gasteiger partial charge in [0.05, 0.1) is 6.34 Å². The topological polar surface area (TPSA) is 52.6 Å². The summed E-state index contributed by atoms with van der Waals surface area (Å²) in [5, 5.41) is 14.3. The standard InChI is InChI=1S/C7H9N3/c1-6-3-2-4-7(9)10(6)5-8/h2-5,8-9H,1H3. The maximum absolute atomic E-state index is 7.32. The molecule has 0 fully saturated rings. The van der Waals surface area contributed by atoms with Crippen LogP contribution in [0.5, 0.6) is 0 Å². The van der Waals surface area contributed by atoms with Crippen molar-refractivity contribution in [2.24, 2.45) is 0 Å².